The first-order valence-electron chi connectivity index (χ1n) is 5.66. The highest BCUT2D eigenvalue weighted by Crippen LogP contribution is 2.31. The van der Waals surface area contributed by atoms with Gasteiger partial charge in [0.05, 0.1) is 16.3 Å². The molecule has 0 amide bonds. The van der Waals surface area contributed by atoms with E-state index in [-0.39, 0.29) is 0 Å². The van der Waals surface area contributed by atoms with Crippen LogP contribution in [0.5, 0.6) is 0 Å². The SMILES string of the molecule is CC(C)(N)c1noc(CSc2cc(N)ccc2Cl)n1. The first kappa shape index (κ1) is 14.2. The molecule has 0 saturated carbocycles. The average molecular weight is 299 g/mol. The van der Waals surface area contributed by atoms with Crippen LogP contribution < -0.4 is 11.5 Å². The second kappa shape index (κ2) is 5.40. The molecule has 0 aliphatic rings. The van der Waals surface area contributed by atoms with Gasteiger partial charge in [0.15, 0.2) is 5.82 Å². The summed E-state index contributed by atoms with van der Waals surface area (Å²) < 4.78 is 5.15. The second-order valence-electron chi connectivity index (χ2n) is 4.71. The van der Waals surface area contributed by atoms with E-state index in [1.54, 1.807) is 12.1 Å². The molecule has 7 heteroatoms. The van der Waals surface area contributed by atoms with Crippen molar-refractivity contribution in [3.63, 3.8) is 0 Å². The maximum absolute atomic E-state index is 6.08. The number of nitrogens with zero attached hydrogens (tertiary/aromatic N) is 2. The molecule has 102 valence electrons. The van der Waals surface area contributed by atoms with E-state index >= 15 is 0 Å². The molecular weight excluding hydrogens is 284 g/mol. The quantitative estimate of drug-likeness (QED) is 0.666. The number of nitrogen functional groups attached to an aromatic ring is 1. The highest BCUT2D eigenvalue weighted by molar-refractivity contribution is 7.98. The molecule has 0 aliphatic carbocycles. The third kappa shape index (κ3) is 3.62. The van der Waals surface area contributed by atoms with Crippen molar-refractivity contribution in [1.82, 2.24) is 10.1 Å². The zero-order valence-electron chi connectivity index (χ0n) is 10.7. The number of halogens is 1. The molecular formula is C12H15ClN4OS. The molecule has 19 heavy (non-hydrogen) atoms. The molecule has 0 radical (unpaired) electrons. The first-order chi connectivity index (χ1) is 8.86. The molecule has 0 bridgehead atoms. The Balaban J connectivity index is 2.06. The van der Waals surface area contributed by atoms with Crippen molar-refractivity contribution in [3.8, 4) is 0 Å². The Bertz CT molecular complexity index is 579. The van der Waals surface area contributed by atoms with E-state index in [1.165, 1.54) is 11.8 Å². The topological polar surface area (TPSA) is 91.0 Å². The monoisotopic (exact) mass is 298 g/mol. The van der Waals surface area contributed by atoms with E-state index in [4.69, 9.17) is 27.6 Å². The van der Waals surface area contributed by atoms with E-state index < -0.39 is 5.54 Å². The normalized spacial score (nSPS) is 11.8. The predicted molar refractivity (Wildman–Crippen MR) is 76.9 cm³/mol. The van der Waals surface area contributed by atoms with Crippen LogP contribution in [0.25, 0.3) is 0 Å². The molecule has 0 unspecified atom stereocenters. The lowest BCUT2D eigenvalue weighted by Crippen LogP contribution is -2.30. The molecule has 4 N–H and O–H groups in total. The fraction of sp³-hybridized carbons (Fsp3) is 0.333. The van der Waals surface area contributed by atoms with Gasteiger partial charge in [0.25, 0.3) is 0 Å². The van der Waals surface area contributed by atoms with Crippen LogP contribution >= 0.6 is 23.4 Å². The second-order valence-corrected chi connectivity index (χ2v) is 6.14. The summed E-state index contributed by atoms with van der Waals surface area (Å²) in [5.74, 6) is 1.52. The minimum absolute atomic E-state index is 0.488. The van der Waals surface area contributed by atoms with Gasteiger partial charge in [-0.05, 0) is 32.0 Å². The molecule has 2 aromatic rings. The number of aromatic nitrogens is 2. The summed E-state index contributed by atoms with van der Waals surface area (Å²) in [5, 5.41) is 4.51. The van der Waals surface area contributed by atoms with Crippen LogP contribution in [-0.2, 0) is 11.3 Å². The van der Waals surface area contributed by atoms with Gasteiger partial charge in [0.1, 0.15) is 0 Å². The van der Waals surface area contributed by atoms with Crippen molar-refractivity contribution < 1.29 is 4.52 Å². The van der Waals surface area contributed by atoms with Crippen molar-refractivity contribution >= 4 is 29.1 Å². The third-order valence-electron chi connectivity index (χ3n) is 2.35. The number of thioether (sulfide) groups is 1. The molecule has 5 nitrogen and oxygen atoms in total. The summed E-state index contributed by atoms with van der Waals surface area (Å²) in [6, 6.07) is 5.34. The fourth-order valence-electron chi connectivity index (χ4n) is 1.35. The number of anilines is 1. The highest BCUT2D eigenvalue weighted by Gasteiger charge is 2.21. The first-order valence-corrected chi connectivity index (χ1v) is 7.02. The molecule has 1 heterocycles. The number of nitrogens with two attached hydrogens (primary N) is 2. The summed E-state index contributed by atoms with van der Waals surface area (Å²) in [6.45, 7) is 3.65. The lowest BCUT2D eigenvalue weighted by Gasteiger charge is -2.11. The predicted octanol–water partition coefficient (Wildman–Crippen LogP) is 2.79. The summed E-state index contributed by atoms with van der Waals surface area (Å²) >= 11 is 7.57. The van der Waals surface area contributed by atoms with Crippen molar-refractivity contribution in [2.45, 2.75) is 30.0 Å². The van der Waals surface area contributed by atoms with Gasteiger partial charge in [-0.2, -0.15) is 4.98 Å². The number of hydrogen-bond acceptors (Lipinski definition) is 6. The van der Waals surface area contributed by atoms with E-state index in [0.29, 0.717) is 28.2 Å². The molecule has 0 spiro atoms. The molecule has 1 aromatic carbocycles. The third-order valence-corrected chi connectivity index (χ3v) is 3.83. The van der Waals surface area contributed by atoms with E-state index in [9.17, 15) is 0 Å². The highest BCUT2D eigenvalue weighted by atomic mass is 35.5. The fourth-order valence-corrected chi connectivity index (χ4v) is 2.45. The van der Waals surface area contributed by atoms with Crippen LogP contribution in [0.4, 0.5) is 5.69 Å². The Hall–Kier alpha value is -1.24. The van der Waals surface area contributed by atoms with Gasteiger partial charge in [0.2, 0.25) is 5.89 Å². The lowest BCUT2D eigenvalue weighted by molar-refractivity contribution is 0.370. The van der Waals surface area contributed by atoms with Crippen molar-refractivity contribution in [2.24, 2.45) is 5.73 Å². The van der Waals surface area contributed by atoms with Crippen LogP contribution in [0.15, 0.2) is 27.6 Å². The Morgan fingerprint density at radius 3 is 2.79 bits per heavy atom. The summed E-state index contributed by atoms with van der Waals surface area (Å²) in [5.41, 5.74) is 11.7. The van der Waals surface area contributed by atoms with Gasteiger partial charge in [-0.1, -0.05) is 16.8 Å². The molecule has 0 fully saturated rings. The summed E-state index contributed by atoms with van der Waals surface area (Å²) in [4.78, 5) is 5.13. The van der Waals surface area contributed by atoms with Gasteiger partial charge in [-0.25, -0.2) is 0 Å². The standard InChI is InChI=1S/C12H15ClN4OS/c1-12(2,15)11-16-10(18-17-11)6-19-9-5-7(14)3-4-8(9)13/h3-5H,6,14-15H2,1-2H3. The average Bonchev–Trinajstić information content (AvgIpc) is 2.79. The van der Waals surface area contributed by atoms with Gasteiger partial charge < -0.3 is 16.0 Å². The van der Waals surface area contributed by atoms with Gasteiger partial charge >= 0.3 is 0 Å². The van der Waals surface area contributed by atoms with E-state index in [2.05, 4.69) is 10.1 Å². The maximum atomic E-state index is 6.08. The molecule has 0 atom stereocenters. The van der Waals surface area contributed by atoms with Crippen LogP contribution in [0.3, 0.4) is 0 Å². The molecule has 0 saturated heterocycles. The lowest BCUT2D eigenvalue weighted by atomic mass is 10.1. The van der Waals surface area contributed by atoms with E-state index in [0.717, 1.165) is 4.90 Å². The zero-order chi connectivity index (χ0) is 14.0. The Labute approximate surface area is 120 Å². The molecule has 0 aliphatic heterocycles. The zero-order valence-corrected chi connectivity index (χ0v) is 12.3. The Morgan fingerprint density at radius 1 is 1.42 bits per heavy atom. The smallest absolute Gasteiger partial charge is 0.237 e. The molecule has 1 aromatic heterocycles. The minimum atomic E-state index is -0.610. The molecule has 2 rings (SSSR count). The van der Waals surface area contributed by atoms with Crippen molar-refractivity contribution in [3.05, 3.63) is 34.9 Å². The largest absolute Gasteiger partial charge is 0.399 e. The van der Waals surface area contributed by atoms with Crippen molar-refractivity contribution in [2.75, 3.05) is 5.73 Å². The van der Waals surface area contributed by atoms with Gasteiger partial charge in [0, 0.05) is 10.6 Å². The van der Waals surface area contributed by atoms with Crippen molar-refractivity contribution in [1.29, 1.82) is 0 Å². The van der Waals surface area contributed by atoms with Crippen LogP contribution in [0.1, 0.15) is 25.6 Å². The Kier molecular flexibility index (Phi) is 4.03. The minimum Gasteiger partial charge on any atom is -0.399 e. The van der Waals surface area contributed by atoms with Gasteiger partial charge in [-0.3, -0.25) is 0 Å². The number of hydrogen-bond donors (Lipinski definition) is 2. The number of rotatable bonds is 4. The summed E-state index contributed by atoms with van der Waals surface area (Å²) in [7, 11) is 0. The Morgan fingerprint density at radius 2 is 2.16 bits per heavy atom. The van der Waals surface area contributed by atoms with E-state index in [1.807, 2.05) is 19.9 Å². The number of benzene rings is 1. The maximum Gasteiger partial charge on any atom is 0.237 e. The van der Waals surface area contributed by atoms with Crippen LogP contribution in [-0.4, -0.2) is 10.1 Å². The van der Waals surface area contributed by atoms with Gasteiger partial charge in [-0.15, -0.1) is 11.8 Å². The summed E-state index contributed by atoms with van der Waals surface area (Å²) in [6.07, 6.45) is 0. The van der Waals surface area contributed by atoms with Crippen LogP contribution in [0, 0.1) is 0 Å². The van der Waals surface area contributed by atoms with Crippen LogP contribution in [0.2, 0.25) is 5.02 Å².